The first-order chi connectivity index (χ1) is 14.9. The fourth-order valence-corrected chi connectivity index (χ4v) is 3.44. The molecule has 9 nitrogen and oxygen atoms in total. The van der Waals surface area contributed by atoms with E-state index in [0.717, 1.165) is 38.5 Å². The highest BCUT2D eigenvalue weighted by Crippen LogP contribution is 2.26. The zero-order valence-electron chi connectivity index (χ0n) is 16.4. The van der Waals surface area contributed by atoms with Crippen molar-refractivity contribution in [3.05, 3.63) is 36.4 Å². The number of rotatable bonds is 7. The molecular formula is C19H20F3N7O2. The van der Waals surface area contributed by atoms with Crippen LogP contribution in [0, 0.1) is 0 Å². The summed E-state index contributed by atoms with van der Waals surface area (Å²) in [6.45, 7) is 4.57. The van der Waals surface area contributed by atoms with Crippen molar-refractivity contribution in [1.29, 1.82) is 0 Å². The molecule has 0 spiro atoms. The van der Waals surface area contributed by atoms with Crippen LogP contribution in [0.2, 0.25) is 0 Å². The Labute approximate surface area is 175 Å². The first-order valence-corrected chi connectivity index (χ1v) is 9.66. The molecule has 3 heterocycles. The average molecular weight is 435 g/mol. The van der Waals surface area contributed by atoms with Crippen LogP contribution in [0.25, 0.3) is 16.9 Å². The molecule has 31 heavy (non-hydrogen) atoms. The van der Waals surface area contributed by atoms with Gasteiger partial charge in [0.15, 0.2) is 5.65 Å². The van der Waals surface area contributed by atoms with Gasteiger partial charge in [-0.15, -0.1) is 18.3 Å². The summed E-state index contributed by atoms with van der Waals surface area (Å²) < 4.78 is 43.0. The van der Waals surface area contributed by atoms with Crippen LogP contribution in [-0.2, 0) is 4.79 Å². The summed E-state index contributed by atoms with van der Waals surface area (Å²) in [6, 6.07) is 9.16. The van der Waals surface area contributed by atoms with Crippen LogP contribution >= 0.6 is 0 Å². The maximum Gasteiger partial charge on any atom is 0.573 e. The maximum atomic E-state index is 12.5. The lowest BCUT2D eigenvalue weighted by molar-refractivity contribution is -0.274. The summed E-state index contributed by atoms with van der Waals surface area (Å²) in [7, 11) is 0. The first kappa shape index (κ1) is 20.8. The van der Waals surface area contributed by atoms with Crippen LogP contribution in [0.5, 0.6) is 5.75 Å². The molecule has 1 aliphatic heterocycles. The standard InChI is InChI=1S/C19H20F3N7O2/c20-19(21,22)31-15-3-1-2-14(12-15)29-18-16(25-26-29)4-5-17(24-18)28-10-8-27(9-11-28)7-6-23-13-30/h1-5,12-13H,6-11H2,(H,23,30). The summed E-state index contributed by atoms with van der Waals surface area (Å²) in [5.41, 5.74) is 1.34. The average Bonchev–Trinajstić information content (AvgIpc) is 3.17. The largest absolute Gasteiger partial charge is 0.573 e. The van der Waals surface area contributed by atoms with E-state index in [0.29, 0.717) is 29.8 Å². The van der Waals surface area contributed by atoms with E-state index in [1.807, 2.05) is 6.07 Å². The Balaban J connectivity index is 1.53. The van der Waals surface area contributed by atoms with E-state index in [-0.39, 0.29) is 5.75 Å². The van der Waals surface area contributed by atoms with Gasteiger partial charge in [0.2, 0.25) is 6.41 Å². The van der Waals surface area contributed by atoms with Gasteiger partial charge >= 0.3 is 6.36 Å². The Morgan fingerprint density at radius 3 is 2.68 bits per heavy atom. The van der Waals surface area contributed by atoms with E-state index in [1.165, 1.54) is 22.9 Å². The number of aromatic nitrogens is 4. The van der Waals surface area contributed by atoms with Crippen LogP contribution in [-0.4, -0.2) is 76.9 Å². The molecule has 1 amide bonds. The number of nitrogens with one attached hydrogen (secondary N) is 1. The van der Waals surface area contributed by atoms with Crippen molar-refractivity contribution >= 4 is 23.4 Å². The molecule has 0 saturated carbocycles. The monoisotopic (exact) mass is 435 g/mol. The van der Waals surface area contributed by atoms with E-state index in [1.54, 1.807) is 12.1 Å². The van der Waals surface area contributed by atoms with E-state index >= 15 is 0 Å². The molecule has 164 valence electrons. The van der Waals surface area contributed by atoms with Crippen molar-refractivity contribution in [2.45, 2.75) is 6.36 Å². The Morgan fingerprint density at radius 2 is 1.94 bits per heavy atom. The Hall–Kier alpha value is -3.41. The smallest absolute Gasteiger partial charge is 0.406 e. The van der Waals surface area contributed by atoms with Gasteiger partial charge in [-0.25, -0.2) is 4.98 Å². The molecule has 0 unspecified atom stereocenters. The predicted octanol–water partition coefficient (Wildman–Crippen LogP) is 1.58. The minimum absolute atomic E-state index is 0.343. The molecule has 1 fully saturated rings. The number of pyridine rings is 1. The van der Waals surface area contributed by atoms with Crippen LogP contribution in [0.3, 0.4) is 0 Å². The van der Waals surface area contributed by atoms with E-state index in [9.17, 15) is 18.0 Å². The molecule has 12 heteroatoms. The van der Waals surface area contributed by atoms with Crippen molar-refractivity contribution in [2.24, 2.45) is 0 Å². The molecule has 1 aromatic carbocycles. The number of piperazine rings is 1. The number of nitrogens with zero attached hydrogens (tertiary/aromatic N) is 6. The van der Waals surface area contributed by atoms with Crippen molar-refractivity contribution in [1.82, 2.24) is 30.2 Å². The molecule has 0 atom stereocenters. The van der Waals surface area contributed by atoms with Gasteiger partial charge in [-0.3, -0.25) is 9.69 Å². The lowest BCUT2D eigenvalue weighted by Crippen LogP contribution is -2.48. The van der Waals surface area contributed by atoms with Gasteiger partial charge in [0.05, 0.1) is 5.69 Å². The number of benzene rings is 1. The topological polar surface area (TPSA) is 88.4 Å². The minimum Gasteiger partial charge on any atom is -0.406 e. The number of ether oxygens (including phenoxy) is 1. The number of hydrogen-bond acceptors (Lipinski definition) is 7. The van der Waals surface area contributed by atoms with Gasteiger partial charge in [-0.05, 0) is 24.3 Å². The van der Waals surface area contributed by atoms with E-state index in [4.69, 9.17) is 0 Å². The minimum atomic E-state index is -4.78. The second-order valence-electron chi connectivity index (χ2n) is 6.96. The van der Waals surface area contributed by atoms with Crippen LogP contribution in [0.15, 0.2) is 36.4 Å². The van der Waals surface area contributed by atoms with Crippen molar-refractivity contribution < 1.29 is 22.7 Å². The molecule has 2 aromatic heterocycles. The second kappa shape index (κ2) is 8.76. The Bertz CT molecular complexity index is 1050. The van der Waals surface area contributed by atoms with Crippen LogP contribution in [0.4, 0.5) is 19.0 Å². The third kappa shape index (κ3) is 5.02. The molecular weight excluding hydrogens is 415 g/mol. The molecule has 0 aliphatic carbocycles. The lowest BCUT2D eigenvalue weighted by Gasteiger charge is -2.35. The van der Waals surface area contributed by atoms with E-state index in [2.05, 4.69) is 35.1 Å². The van der Waals surface area contributed by atoms with Gasteiger partial charge in [-0.1, -0.05) is 11.3 Å². The van der Waals surface area contributed by atoms with Gasteiger partial charge in [0.25, 0.3) is 0 Å². The fourth-order valence-electron chi connectivity index (χ4n) is 3.44. The normalized spacial score (nSPS) is 15.3. The van der Waals surface area contributed by atoms with Gasteiger partial charge in [-0.2, -0.15) is 4.68 Å². The molecule has 3 aromatic rings. The number of hydrogen-bond donors (Lipinski definition) is 1. The van der Waals surface area contributed by atoms with E-state index < -0.39 is 6.36 Å². The molecule has 1 N–H and O–H groups in total. The maximum absolute atomic E-state index is 12.5. The Morgan fingerprint density at radius 1 is 1.13 bits per heavy atom. The van der Waals surface area contributed by atoms with Crippen molar-refractivity contribution in [3.8, 4) is 11.4 Å². The third-order valence-corrected chi connectivity index (χ3v) is 4.93. The summed E-state index contributed by atoms with van der Waals surface area (Å²) in [4.78, 5) is 19.4. The van der Waals surface area contributed by atoms with Crippen LogP contribution < -0.4 is 15.0 Å². The summed E-state index contributed by atoms with van der Waals surface area (Å²) in [5.74, 6) is 0.398. The number of anilines is 1. The third-order valence-electron chi connectivity index (χ3n) is 4.93. The fraction of sp³-hybridized carbons (Fsp3) is 0.368. The number of fused-ring (bicyclic) bond motifs is 1. The number of alkyl halides is 3. The highest BCUT2D eigenvalue weighted by Gasteiger charge is 2.31. The highest BCUT2D eigenvalue weighted by molar-refractivity contribution is 5.74. The number of carbonyl (C=O) groups is 1. The number of amides is 1. The molecule has 4 rings (SSSR count). The van der Waals surface area contributed by atoms with Gasteiger partial charge in [0.1, 0.15) is 17.1 Å². The second-order valence-corrected chi connectivity index (χ2v) is 6.96. The zero-order chi connectivity index (χ0) is 21.8. The summed E-state index contributed by atoms with van der Waals surface area (Å²) in [5, 5.41) is 10.8. The lowest BCUT2D eigenvalue weighted by atomic mass is 10.3. The molecule has 0 radical (unpaired) electrons. The molecule has 1 saturated heterocycles. The summed E-state index contributed by atoms with van der Waals surface area (Å²) in [6.07, 6.45) is -4.09. The van der Waals surface area contributed by atoms with Gasteiger partial charge < -0.3 is 15.0 Å². The SMILES string of the molecule is O=CNCCN1CCN(c2ccc3nnn(-c4cccc(OC(F)(F)F)c4)c3n2)CC1. The molecule has 0 bridgehead atoms. The first-order valence-electron chi connectivity index (χ1n) is 9.66. The number of halogens is 3. The van der Waals surface area contributed by atoms with Crippen molar-refractivity contribution in [2.75, 3.05) is 44.2 Å². The van der Waals surface area contributed by atoms with Gasteiger partial charge in [0, 0.05) is 45.3 Å². The highest BCUT2D eigenvalue weighted by atomic mass is 19.4. The van der Waals surface area contributed by atoms with Crippen LogP contribution in [0.1, 0.15) is 0 Å². The molecule has 1 aliphatic rings. The van der Waals surface area contributed by atoms with Crippen molar-refractivity contribution in [3.63, 3.8) is 0 Å². The Kier molecular flexibility index (Phi) is 5.89. The zero-order valence-corrected chi connectivity index (χ0v) is 16.4. The predicted molar refractivity (Wildman–Crippen MR) is 106 cm³/mol. The quantitative estimate of drug-likeness (QED) is 0.445. The number of carbonyl (C=O) groups excluding carboxylic acids is 1. The summed E-state index contributed by atoms with van der Waals surface area (Å²) >= 11 is 0.